The summed E-state index contributed by atoms with van der Waals surface area (Å²) in [7, 11) is 0. The SMILES string of the molecule is O=C(O)c1ccnc(O)c1O. The summed E-state index contributed by atoms with van der Waals surface area (Å²) >= 11 is 0. The Hall–Kier alpha value is -1.78. The quantitative estimate of drug-likeness (QED) is 0.538. The van der Waals surface area contributed by atoms with E-state index in [1.165, 1.54) is 0 Å². The van der Waals surface area contributed by atoms with Crippen LogP contribution in [0.5, 0.6) is 11.6 Å². The number of hydrogen-bond acceptors (Lipinski definition) is 4. The van der Waals surface area contributed by atoms with Gasteiger partial charge in [0.25, 0.3) is 5.88 Å². The molecule has 0 amide bonds. The highest BCUT2D eigenvalue weighted by molar-refractivity contribution is 5.91. The van der Waals surface area contributed by atoms with Crippen LogP contribution in [0.2, 0.25) is 0 Å². The Labute approximate surface area is 61.6 Å². The first kappa shape index (κ1) is 7.33. The number of aromatic hydroxyl groups is 2. The molecule has 11 heavy (non-hydrogen) atoms. The lowest BCUT2D eigenvalue weighted by Crippen LogP contribution is -1.96. The second kappa shape index (κ2) is 2.45. The van der Waals surface area contributed by atoms with Crippen molar-refractivity contribution in [1.82, 2.24) is 4.98 Å². The number of pyridine rings is 1. The molecular weight excluding hydrogens is 150 g/mol. The molecule has 0 radical (unpaired) electrons. The molecular formula is C6H5NO4. The highest BCUT2D eigenvalue weighted by Crippen LogP contribution is 2.24. The van der Waals surface area contributed by atoms with E-state index in [1.54, 1.807) is 0 Å². The summed E-state index contributed by atoms with van der Waals surface area (Å²) < 4.78 is 0. The molecule has 0 spiro atoms. The maximum atomic E-state index is 10.3. The van der Waals surface area contributed by atoms with Gasteiger partial charge in [-0.3, -0.25) is 0 Å². The lowest BCUT2D eigenvalue weighted by atomic mass is 10.2. The number of carbonyl (C=O) groups is 1. The van der Waals surface area contributed by atoms with Crippen LogP contribution in [-0.2, 0) is 0 Å². The molecule has 5 heteroatoms. The number of nitrogens with zero attached hydrogens (tertiary/aromatic N) is 1. The molecule has 0 aliphatic heterocycles. The molecule has 0 saturated heterocycles. The van der Waals surface area contributed by atoms with E-state index in [0.29, 0.717) is 0 Å². The lowest BCUT2D eigenvalue weighted by Gasteiger charge is -1.98. The summed E-state index contributed by atoms with van der Waals surface area (Å²) in [6, 6.07) is 1.09. The molecule has 3 N–H and O–H groups in total. The molecule has 5 nitrogen and oxygen atoms in total. The standard InChI is InChI=1S/C6H5NO4/c8-4-3(6(10)11)1-2-7-5(4)9/h1-2,8H,(H,7,9)(H,10,11). The third kappa shape index (κ3) is 1.21. The minimum atomic E-state index is -1.31. The number of rotatable bonds is 1. The molecule has 0 aromatic carbocycles. The third-order valence-corrected chi connectivity index (χ3v) is 1.14. The normalized spacial score (nSPS) is 9.45. The number of hydrogen-bond donors (Lipinski definition) is 3. The zero-order valence-electron chi connectivity index (χ0n) is 5.35. The van der Waals surface area contributed by atoms with Crippen molar-refractivity contribution in [2.75, 3.05) is 0 Å². The monoisotopic (exact) mass is 155 g/mol. The second-order valence-corrected chi connectivity index (χ2v) is 1.84. The second-order valence-electron chi connectivity index (χ2n) is 1.84. The molecule has 0 unspecified atom stereocenters. The van der Waals surface area contributed by atoms with Crippen molar-refractivity contribution in [1.29, 1.82) is 0 Å². The summed E-state index contributed by atoms with van der Waals surface area (Å²) in [5.41, 5.74) is -0.363. The van der Waals surface area contributed by atoms with Crippen molar-refractivity contribution in [2.24, 2.45) is 0 Å². The summed E-state index contributed by atoms with van der Waals surface area (Å²) in [5.74, 6) is -2.69. The minimum absolute atomic E-state index is 0.363. The van der Waals surface area contributed by atoms with Crippen molar-refractivity contribution >= 4 is 5.97 Å². The van der Waals surface area contributed by atoms with Gasteiger partial charge in [-0.2, -0.15) is 0 Å². The first-order valence-corrected chi connectivity index (χ1v) is 2.73. The van der Waals surface area contributed by atoms with Crippen LogP contribution in [0.1, 0.15) is 10.4 Å². The fraction of sp³-hybridized carbons (Fsp3) is 0. The number of aromatic nitrogens is 1. The topological polar surface area (TPSA) is 90.7 Å². The summed E-state index contributed by atoms with van der Waals surface area (Å²) in [5, 5.41) is 26.0. The zero-order chi connectivity index (χ0) is 8.43. The lowest BCUT2D eigenvalue weighted by molar-refractivity contribution is 0.0692. The fourth-order valence-corrected chi connectivity index (χ4v) is 0.616. The predicted molar refractivity (Wildman–Crippen MR) is 34.5 cm³/mol. The van der Waals surface area contributed by atoms with Crippen LogP contribution in [0.25, 0.3) is 0 Å². The fourth-order valence-electron chi connectivity index (χ4n) is 0.616. The van der Waals surface area contributed by atoms with E-state index in [1.807, 2.05) is 0 Å². The molecule has 58 valence electrons. The largest absolute Gasteiger partial charge is 0.503 e. The summed E-state index contributed by atoms with van der Waals surface area (Å²) in [6.07, 6.45) is 1.10. The van der Waals surface area contributed by atoms with Gasteiger partial charge in [0.05, 0.1) is 0 Å². The molecule has 0 fully saturated rings. The maximum Gasteiger partial charge on any atom is 0.339 e. The van der Waals surface area contributed by atoms with Gasteiger partial charge in [-0.05, 0) is 6.07 Å². The van der Waals surface area contributed by atoms with Crippen molar-refractivity contribution in [3.05, 3.63) is 17.8 Å². The van der Waals surface area contributed by atoms with Gasteiger partial charge in [0, 0.05) is 6.20 Å². The summed E-state index contributed by atoms with van der Waals surface area (Å²) in [4.78, 5) is 13.5. The van der Waals surface area contributed by atoms with E-state index in [-0.39, 0.29) is 5.56 Å². The average molecular weight is 155 g/mol. The van der Waals surface area contributed by atoms with Crippen LogP contribution in [-0.4, -0.2) is 26.3 Å². The first-order valence-electron chi connectivity index (χ1n) is 2.73. The molecule has 0 aliphatic rings. The van der Waals surface area contributed by atoms with E-state index >= 15 is 0 Å². The molecule has 1 aromatic rings. The van der Waals surface area contributed by atoms with Crippen LogP contribution < -0.4 is 0 Å². The number of carboxylic acids is 1. The van der Waals surface area contributed by atoms with Gasteiger partial charge in [-0.15, -0.1) is 0 Å². The van der Waals surface area contributed by atoms with E-state index < -0.39 is 17.6 Å². The van der Waals surface area contributed by atoms with Crippen molar-refractivity contribution in [3.63, 3.8) is 0 Å². The van der Waals surface area contributed by atoms with Crippen molar-refractivity contribution in [3.8, 4) is 11.6 Å². The minimum Gasteiger partial charge on any atom is -0.503 e. The van der Waals surface area contributed by atoms with Gasteiger partial charge in [0.1, 0.15) is 5.56 Å². The smallest absolute Gasteiger partial charge is 0.339 e. The van der Waals surface area contributed by atoms with E-state index in [2.05, 4.69) is 4.98 Å². The highest BCUT2D eigenvalue weighted by atomic mass is 16.4. The van der Waals surface area contributed by atoms with Gasteiger partial charge in [-0.1, -0.05) is 0 Å². The Morgan fingerprint density at radius 1 is 1.45 bits per heavy atom. The molecule has 0 saturated carbocycles. The van der Waals surface area contributed by atoms with E-state index in [9.17, 15) is 4.79 Å². The van der Waals surface area contributed by atoms with Crippen LogP contribution in [0.4, 0.5) is 0 Å². The van der Waals surface area contributed by atoms with Gasteiger partial charge in [-0.25, -0.2) is 9.78 Å². The highest BCUT2D eigenvalue weighted by Gasteiger charge is 2.12. The maximum absolute atomic E-state index is 10.3. The number of carboxylic acid groups (broad SMARTS) is 1. The van der Waals surface area contributed by atoms with E-state index in [4.69, 9.17) is 15.3 Å². The molecule has 0 atom stereocenters. The first-order chi connectivity index (χ1) is 5.13. The van der Waals surface area contributed by atoms with Gasteiger partial charge >= 0.3 is 5.97 Å². The number of aromatic carboxylic acids is 1. The Bertz CT molecular complexity index is 297. The van der Waals surface area contributed by atoms with Crippen LogP contribution in [0.3, 0.4) is 0 Å². The Morgan fingerprint density at radius 2 is 2.09 bits per heavy atom. The van der Waals surface area contributed by atoms with Crippen LogP contribution in [0.15, 0.2) is 12.3 Å². The Balaban J connectivity index is 3.27. The van der Waals surface area contributed by atoms with Crippen molar-refractivity contribution < 1.29 is 20.1 Å². The predicted octanol–water partition coefficient (Wildman–Crippen LogP) is 0.191. The van der Waals surface area contributed by atoms with Crippen LogP contribution in [0, 0.1) is 0 Å². The Morgan fingerprint density at radius 3 is 2.55 bits per heavy atom. The van der Waals surface area contributed by atoms with Gasteiger partial charge in [0.2, 0.25) is 0 Å². The molecule has 0 aliphatic carbocycles. The average Bonchev–Trinajstić information content (AvgIpc) is 1.94. The third-order valence-electron chi connectivity index (χ3n) is 1.14. The van der Waals surface area contributed by atoms with Gasteiger partial charge < -0.3 is 15.3 Å². The molecule has 1 rings (SSSR count). The zero-order valence-corrected chi connectivity index (χ0v) is 5.35. The summed E-state index contributed by atoms with van der Waals surface area (Å²) in [6.45, 7) is 0. The van der Waals surface area contributed by atoms with Crippen LogP contribution >= 0.6 is 0 Å². The molecule has 0 bridgehead atoms. The Kier molecular flexibility index (Phi) is 1.63. The van der Waals surface area contributed by atoms with E-state index in [0.717, 1.165) is 12.3 Å². The molecule has 1 heterocycles. The van der Waals surface area contributed by atoms with Crippen molar-refractivity contribution in [2.45, 2.75) is 0 Å². The molecule has 1 aromatic heterocycles. The van der Waals surface area contributed by atoms with Gasteiger partial charge in [0.15, 0.2) is 5.75 Å².